The summed E-state index contributed by atoms with van der Waals surface area (Å²) >= 11 is 0. The van der Waals surface area contributed by atoms with E-state index in [4.69, 9.17) is 0 Å². The van der Waals surface area contributed by atoms with Crippen molar-refractivity contribution in [2.75, 3.05) is 13.1 Å². The molecule has 1 aromatic heterocycles. The zero-order valence-electron chi connectivity index (χ0n) is 10.7. The lowest BCUT2D eigenvalue weighted by Gasteiger charge is -2.06. The van der Waals surface area contributed by atoms with E-state index < -0.39 is 0 Å². The number of carbonyl (C=O) groups excluding carboxylic acids is 1. The Kier molecular flexibility index (Phi) is 3.47. The van der Waals surface area contributed by atoms with Crippen LogP contribution in [0.15, 0.2) is 0 Å². The zero-order valence-corrected chi connectivity index (χ0v) is 10.7. The lowest BCUT2D eigenvalue weighted by atomic mass is 10.2. The minimum absolute atomic E-state index is 0.0225. The molecule has 1 fully saturated rings. The van der Waals surface area contributed by atoms with Gasteiger partial charge in [0.1, 0.15) is 0 Å². The Morgan fingerprint density at radius 1 is 1.41 bits per heavy atom. The van der Waals surface area contributed by atoms with Crippen LogP contribution < -0.4 is 10.6 Å². The Morgan fingerprint density at radius 2 is 2.12 bits per heavy atom. The molecule has 5 nitrogen and oxygen atoms in total. The van der Waals surface area contributed by atoms with Gasteiger partial charge in [0.05, 0.1) is 11.3 Å². The van der Waals surface area contributed by atoms with Crippen LogP contribution >= 0.6 is 0 Å². The molecule has 1 saturated carbocycles. The highest BCUT2D eigenvalue weighted by Gasteiger charge is 2.20. The molecule has 2 N–H and O–H groups in total. The monoisotopic (exact) mass is 236 g/mol. The van der Waals surface area contributed by atoms with Crippen LogP contribution in [0.25, 0.3) is 0 Å². The van der Waals surface area contributed by atoms with Gasteiger partial charge in [-0.1, -0.05) is 0 Å². The number of carbonyl (C=O) groups is 1. The number of aromatic nitrogens is 2. The van der Waals surface area contributed by atoms with Crippen molar-refractivity contribution in [1.29, 1.82) is 0 Å². The molecule has 17 heavy (non-hydrogen) atoms. The van der Waals surface area contributed by atoms with E-state index in [9.17, 15) is 4.79 Å². The van der Waals surface area contributed by atoms with Crippen molar-refractivity contribution < 1.29 is 4.79 Å². The first-order valence-corrected chi connectivity index (χ1v) is 6.11. The topological polar surface area (TPSA) is 59.0 Å². The average Bonchev–Trinajstić information content (AvgIpc) is 3.04. The van der Waals surface area contributed by atoms with E-state index in [1.54, 1.807) is 4.68 Å². The van der Waals surface area contributed by atoms with Gasteiger partial charge in [-0.25, -0.2) is 0 Å². The van der Waals surface area contributed by atoms with Crippen LogP contribution in [0.5, 0.6) is 0 Å². The predicted molar refractivity (Wildman–Crippen MR) is 66.0 cm³/mol. The van der Waals surface area contributed by atoms with Gasteiger partial charge >= 0.3 is 0 Å². The minimum Gasteiger partial charge on any atom is -0.351 e. The molecule has 1 heterocycles. The van der Waals surface area contributed by atoms with Gasteiger partial charge in [-0.05, 0) is 26.7 Å². The van der Waals surface area contributed by atoms with E-state index in [1.165, 1.54) is 12.8 Å². The zero-order chi connectivity index (χ0) is 12.4. The Labute approximate surface area is 102 Å². The Hall–Kier alpha value is -1.36. The minimum atomic E-state index is -0.0225. The van der Waals surface area contributed by atoms with E-state index in [-0.39, 0.29) is 5.91 Å². The highest BCUT2D eigenvalue weighted by atomic mass is 16.1. The van der Waals surface area contributed by atoms with Crippen molar-refractivity contribution in [3.8, 4) is 0 Å². The van der Waals surface area contributed by atoms with Gasteiger partial charge in [-0.2, -0.15) is 5.10 Å². The maximum atomic E-state index is 12.0. The number of nitrogens with zero attached hydrogens (tertiary/aromatic N) is 2. The summed E-state index contributed by atoms with van der Waals surface area (Å²) in [7, 11) is 1.85. The van der Waals surface area contributed by atoms with Crippen LogP contribution in [0, 0.1) is 13.8 Å². The molecule has 94 valence electrons. The summed E-state index contributed by atoms with van der Waals surface area (Å²) in [6.07, 6.45) is 2.55. The first-order valence-electron chi connectivity index (χ1n) is 6.11. The third kappa shape index (κ3) is 2.85. The molecule has 0 spiro atoms. The molecule has 0 radical (unpaired) electrons. The van der Waals surface area contributed by atoms with Crippen molar-refractivity contribution in [2.45, 2.75) is 32.7 Å². The van der Waals surface area contributed by atoms with Gasteiger partial charge in [0.25, 0.3) is 5.91 Å². The fraction of sp³-hybridized carbons (Fsp3) is 0.667. The Bertz CT molecular complexity index is 420. The predicted octanol–water partition coefficient (Wildman–Crippen LogP) is 0.519. The number of nitrogens with one attached hydrogen (secondary N) is 2. The molecule has 0 bridgehead atoms. The van der Waals surface area contributed by atoms with Gasteiger partial charge < -0.3 is 10.6 Å². The van der Waals surface area contributed by atoms with Crippen LogP contribution in [-0.2, 0) is 7.05 Å². The van der Waals surface area contributed by atoms with Gasteiger partial charge in [0.15, 0.2) is 0 Å². The molecule has 0 unspecified atom stereocenters. The van der Waals surface area contributed by atoms with E-state index in [1.807, 2.05) is 20.9 Å². The summed E-state index contributed by atoms with van der Waals surface area (Å²) < 4.78 is 1.74. The van der Waals surface area contributed by atoms with E-state index in [0.29, 0.717) is 18.2 Å². The molecule has 5 heteroatoms. The van der Waals surface area contributed by atoms with Crippen molar-refractivity contribution in [3.05, 3.63) is 17.0 Å². The van der Waals surface area contributed by atoms with Gasteiger partial charge in [0, 0.05) is 31.9 Å². The summed E-state index contributed by atoms with van der Waals surface area (Å²) in [6, 6.07) is 0.689. The van der Waals surface area contributed by atoms with Crippen molar-refractivity contribution in [3.63, 3.8) is 0 Å². The molecule has 0 aromatic carbocycles. The second-order valence-corrected chi connectivity index (χ2v) is 4.65. The number of aryl methyl sites for hydroxylation is 2. The standard InChI is InChI=1S/C12H20N4O/c1-8-11(9(2)16(3)15-8)12(17)14-7-6-13-10-4-5-10/h10,13H,4-7H2,1-3H3,(H,14,17). The molecular weight excluding hydrogens is 216 g/mol. The van der Waals surface area contributed by atoms with Crippen LogP contribution in [0.1, 0.15) is 34.6 Å². The smallest absolute Gasteiger partial charge is 0.255 e. The van der Waals surface area contributed by atoms with Crippen molar-refractivity contribution in [2.24, 2.45) is 7.05 Å². The maximum Gasteiger partial charge on any atom is 0.255 e. The second-order valence-electron chi connectivity index (χ2n) is 4.65. The maximum absolute atomic E-state index is 12.0. The number of amides is 1. The number of hydrogen-bond acceptors (Lipinski definition) is 3. The quantitative estimate of drug-likeness (QED) is 0.733. The molecule has 1 aliphatic rings. The molecule has 0 aliphatic heterocycles. The van der Waals surface area contributed by atoms with E-state index in [2.05, 4.69) is 15.7 Å². The van der Waals surface area contributed by atoms with Gasteiger partial charge in [0.2, 0.25) is 0 Å². The van der Waals surface area contributed by atoms with Crippen LogP contribution in [0.2, 0.25) is 0 Å². The van der Waals surface area contributed by atoms with Crippen molar-refractivity contribution >= 4 is 5.91 Å². The SMILES string of the molecule is Cc1nn(C)c(C)c1C(=O)NCCNC1CC1. The molecule has 1 amide bonds. The molecule has 0 saturated heterocycles. The summed E-state index contributed by atoms with van der Waals surface area (Å²) in [5.41, 5.74) is 2.41. The fourth-order valence-electron chi connectivity index (χ4n) is 1.93. The van der Waals surface area contributed by atoms with Crippen molar-refractivity contribution in [1.82, 2.24) is 20.4 Å². The third-order valence-corrected chi connectivity index (χ3v) is 3.16. The first kappa shape index (κ1) is 12.1. The Balaban J connectivity index is 1.85. The van der Waals surface area contributed by atoms with E-state index >= 15 is 0 Å². The second kappa shape index (κ2) is 4.87. The summed E-state index contributed by atoms with van der Waals surface area (Å²) in [4.78, 5) is 12.0. The van der Waals surface area contributed by atoms with Gasteiger partial charge in [-0.15, -0.1) is 0 Å². The molecule has 1 aliphatic carbocycles. The van der Waals surface area contributed by atoms with Gasteiger partial charge in [-0.3, -0.25) is 9.48 Å². The number of rotatable bonds is 5. The molecule has 2 rings (SSSR count). The lowest BCUT2D eigenvalue weighted by molar-refractivity contribution is 0.0952. The highest BCUT2D eigenvalue weighted by Crippen LogP contribution is 2.17. The lowest BCUT2D eigenvalue weighted by Crippen LogP contribution is -2.33. The van der Waals surface area contributed by atoms with E-state index in [0.717, 1.165) is 17.9 Å². The highest BCUT2D eigenvalue weighted by molar-refractivity contribution is 5.96. The summed E-state index contributed by atoms with van der Waals surface area (Å²) in [5.74, 6) is -0.0225. The molecular formula is C12H20N4O. The first-order chi connectivity index (χ1) is 8.09. The largest absolute Gasteiger partial charge is 0.351 e. The van der Waals surface area contributed by atoms with Crippen LogP contribution in [0.3, 0.4) is 0 Å². The third-order valence-electron chi connectivity index (χ3n) is 3.16. The van der Waals surface area contributed by atoms with Crippen LogP contribution in [0.4, 0.5) is 0 Å². The Morgan fingerprint density at radius 3 is 2.65 bits per heavy atom. The van der Waals surface area contributed by atoms with Crippen LogP contribution in [-0.4, -0.2) is 34.8 Å². The molecule has 0 atom stereocenters. The molecule has 1 aromatic rings. The fourth-order valence-corrected chi connectivity index (χ4v) is 1.93. The summed E-state index contributed by atoms with van der Waals surface area (Å²) in [5, 5.41) is 10.5. The summed E-state index contributed by atoms with van der Waals surface area (Å²) in [6.45, 7) is 5.29. The number of hydrogen-bond donors (Lipinski definition) is 2. The normalized spacial score (nSPS) is 15.0. The average molecular weight is 236 g/mol.